The summed E-state index contributed by atoms with van der Waals surface area (Å²) in [5.41, 5.74) is 1.18. The number of amides is 1. The number of benzene rings is 2. The van der Waals surface area contributed by atoms with Crippen molar-refractivity contribution >= 4 is 33.7 Å². The molecule has 9 heteroatoms. The Morgan fingerprint density at radius 1 is 1.11 bits per heavy atom. The monoisotopic (exact) mass is 490 g/mol. The number of hydrogen-bond donors (Lipinski definition) is 0. The van der Waals surface area contributed by atoms with E-state index in [1.54, 1.807) is 40.8 Å². The Morgan fingerprint density at radius 3 is 2.69 bits per heavy atom. The van der Waals surface area contributed by atoms with Gasteiger partial charge in [-0.1, -0.05) is 36.4 Å². The van der Waals surface area contributed by atoms with Gasteiger partial charge in [0.2, 0.25) is 5.91 Å². The maximum absolute atomic E-state index is 14.5. The number of esters is 1. The van der Waals surface area contributed by atoms with Crippen LogP contribution < -0.4 is 5.56 Å². The fourth-order valence-electron chi connectivity index (χ4n) is 4.95. The summed E-state index contributed by atoms with van der Waals surface area (Å²) in [5.74, 6) is -1.30. The van der Waals surface area contributed by atoms with Gasteiger partial charge in [-0.25, -0.2) is 9.07 Å². The Kier molecular flexibility index (Phi) is 6.54. The van der Waals surface area contributed by atoms with Gasteiger partial charge in [-0.2, -0.15) is 5.10 Å². The zero-order valence-electron chi connectivity index (χ0n) is 20.0. The number of rotatable bonds is 6. The van der Waals surface area contributed by atoms with E-state index >= 15 is 0 Å². The summed E-state index contributed by atoms with van der Waals surface area (Å²) in [6.07, 6.45) is 2.94. The first-order valence-corrected chi connectivity index (χ1v) is 12.1. The summed E-state index contributed by atoms with van der Waals surface area (Å²) in [4.78, 5) is 40.5. The van der Waals surface area contributed by atoms with E-state index in [4.69, 9.17) is 4.74 Å². The number of para-hydroxylation sites is 1. The standard InChI is InChI=1S/C27H27FN4O4/c1-2-36-27(35)19-9-7-13-30(15-19)24(33)17-32-26(34)25-21(14-29-32)20-10-4-6-12-23(20)31(25)16-18-8-3-5-11-22(18)28/h3-6,8,10-12,14,19H,2,7,9,13,15-17H2,1H3/t19-/m1/s1. The van der Waals surface area contributed by atoms with Crippen molar-refractivity contribution < 1.29 is 18.7 Å². The van der Waals surface area contributed by atoms with E-state index in [0.717, 1.165) is 15.6 Å². The second kappa shape index (κ2) is 9.93. The number of fused-ring (bicyclic) bond motifs is 3. The first-order valence-electron chi connectivity index (χ1n) is 12.1. The molecule has 1 atom stereocenters. The first kappa shape index (κ1) is 23.7. The topological polar surface area (TPSA) is 86.4 Å². The predicted octanol–water partition coefficient (Wildman–Crippen LogP) is 3.34. The minimum atomic E-state index is -0.424. The second-order valence-corrected chi connectivity index (χ2v) is 9.00. The van der Waals surface area contributed by atoms with Crippen LogP contribution in [0.1, 0.15) is 25.3 Å². The SMILES string of the molecule is CCOC(=O)[C@@H]1CCCN(C(=O)Cn2ncc3c4ccccc4n(Cc4ccccc4F)c3c2=O)C1. The number of carbonyl (C=O) groups is 2. The Balaban J connectivity index is 1.49. The summed E-state index contributed by atoms with van der Waals surface area (Å²) in [6, 6.07) is 14.0. The van der Waals surface area contributed by atoms with Gasteiger partial charge in [0.05, 0.1) is 25.3 Å². The van der Waals surface area contributed by atoms with Crippen LogP contribution in [0, 0.1) is 11.7 Å². The molecule has 2 aromatic heterocycles. The number of likely N-dealkylation sites (tertiary alicyclic amines) is 1. The van der Waals surface area contributed by atoms with E-state index in [1.807, 2.05) is 24.3 Å². The van der Waals surface area contributed by atoms with Crippen molar-refractivity contribution in [3.05, 3.63) is 76.5 Å². The van der Waals surface area contributed by atoms with Gasteiger partial charge in [-0.3, -0.25) is 14.4 Å². The summed E-state index contributed by atoms with van der Waals surface area (Å²) in [7, 11) is 0. The second-order valence-electron chi connectivity index (χ2n) is 9.00. The van der Waals surface area contributed by atoms with Gasteiger partial charge in [-0.15, -0.1) is 0 Å². The molecule has 4 aromatic rings. The van der Waals surface area contributed by atoms with Gasteiger partial charge in [-0.05, 0) is 31.9 Å². The molecule has 1 amide bonds. The molecule has 0 spiro atoms. The van der Waals surface area contributed by atoms with E-state index < -0.39 is 5.56 Å². The summed E-state index contributed by atoms with van der Waals surface area (Å²) in [5, 5.41) is 5.77. The van der Waals surface area contributed by atoms with Crippen molar-refractivity contribution in [1.29, 1.82) is 0 Å². The molecule has 3 heterocycles. The summed E-state index contributed by atoms with van der Waals surface area (Å²) < 4.78 is 22.5. The number of halogens is 1. The zero-order valence-corrected chi connectivity index (χ0v) is 20.0. The Hall–Kier alpha value is -4.01. The molecule has 1 fully saturated rings. The molecule has 36 heavy (non-hydrogen) atoms. The van der Waals surface area contributed by atoms with Crippen molar-refractivity contribution in [2.75, 3.05) is 19.7 Å². The zero-order chi connectivity index (χ0) is 25.2. The van der Waals surface area contributed by atoms with Gasteiger partial charge >= 0.3 is 5.97 Å². The number of piperidine rings is 1. The number of nitrogens with zero attached hydrogens (tertiary/aromatic N) is 4. The maximum Gasteiger partial charge on any atom is 0.310 e. The lowest BCUT2D eigenvalue weighted by molar-refractivity contribution is -0.151. The first-order chi connectivity index (χ1) is 17.5. The fourth-order valence-corrected chi connectivity index (χ4v) is 4.95. The number of carbonyl (C=O) groups excluding carboxylic acids is 2. The summed E-state index contributed by atoms with van der Waals surface area (Å²) >= 11 is 0. The van der Waals surface area contributed by atoms with Gasteiger partial charge < -0.3 is 14.2 Å². The van der Waals surface area contributed by atoms with Crippen LogP contribution in [0.4, 0.5) is 4.39 Å². The van der Waals surface area contributed by atoms with Gasteiger partial charge in [0, 0.05) is 34.9 Å². The highest BCUT2D eigenvalue weighted by atomic mass is 19.1. The molecule has 186 valence electrons. The van der Waals surface area contributed by atoms with Crippen molar-refractivity contribution in [2.24, 2.45) is 5.92 Å². The van der Waals surface area contributed by atoms with E-state index in [1.165, 1.54) is 6.07 Å². The lowest BCUT2D eigenvalue weighted by atomic mass is 9.98. The molecule has 0 radical (unpaired) electrons. The Labute approximate surface area is 206 Å². The normalized spacial score (nSPS) is 15.9. The molecule has 8 nitrogen and oxygen atoms in total. The highest BCUT2D eigenvalue weighted by Crippen LogP contribution is 2.27. The minimum absolute atomic E-state index is 0.164. The van der Waals surface area contributed by atoms with Crippen molar-refractivity contribution in [2.45, 2.75) is 32.9 Å². The Bertz CT molecular complexity index is 1510. The average molecular weight is 491 g/mol. The minimum Gasteiger partial charge on any atom is -0.466 e. The van der Waals surface area contributed by atoms with Crippen molar-refractivity contribution in [3.8, 4) is 0 Å². The van der Waals surface area contributed by atoms with Crippen LogP contribution in [0.5, 0.6) is 0 Å². The third-order valence-corrected chi connectivity index (χ3v) is 6.74. The number of hydrogen-bond acceptors (Lipinski definition) is 5. The van der Waals surface area contributed by atoms with Crippen LogP contribution in [0.25, 0.3) is 21.8 Å². The van der Waals surface area contributed by atoms with E-state index in [9.17, 15) is 18.8 Å². The molecule has 0 bridgehead atoms. The maximum atomic E-state index is 14.5. The quantitative estimate of drug-likeness (QED) is 0.387. The molecule has 1 aliphatic rings. The average Bonchev–Trinajstić information content (AvgIpc) is 3.21. The predicted molar refractivity (Wildman–Crippen MR) is 133 cm³/mol. The highest BCUT2D eigenvalue weighted by Gasteiger charge is 2.30. The van der Waals surface area contributed by atoms with Gasteiger partial charge in [0.25, 0.3) is 5.56 Å². The molecular weight excluding hydrogens is 463 g/mol. The van der Waals surface area contributed by atoms with Crippen molar-refractivity contribution in [1.82, 2.24) is 19.2 Å². The van der Waals surface area contributed by atoms with Crippen LogP contribution in [-0.4, -0.2) is 50.8 Å². The van der Waals surface area contributed by atoms with Crippen molar-refractivity contribution in [3.63, 3.8) is 0 Å². The molecule has 1 aliphatic heterocycles. The van der Waals surface area contributed by atoms with Crippen LogP contribution in [0.3, 0.4) is 0 Å². The molecule has 1 saturated heterocycles. The van der Waals surface area contributed by atoms with Crippen LogP contribution in [-0.2, 0) is 27.4 Å². The third kappa shape index (κ3) is 4.36. The lowest BCUT2D eigenvalue weighted by Crippen LogP contribution is -2.45. The molecule has 0 aliphatic carbocycles. The lowest BCUT2D eigenvalue weighted by Gasteiger charge is -2.31. The third-order valence-electron chi connectivity index (χ3n) is 6.74. The fraction of sp³-hybridized carbons (Fsp3) is 0.333. The smallest absolute Gasteiger partial charge is 0.310 e. The molecule has 0 unspecified atom stereocenters. The molecule has 0 N–H and O–H groups in total. The molecular formula is C27H27FN4O4. The number of ether oxygens (including phenoxy) is 1. The van der Waals surface area contributed by atoms with E-state index in [-0.39, 0.29) is 43.2 Å². The van der Waals surface area contributed by atoms with Crippen LogP contribution in [0.2, 0.25) is 0 Å². The summed E-state index contributed by atoms with van der Waals surface area (Å²) in [6.45, 7) is 2.75. The van der Waals surface area contributed by atoms with Crippen LogP contribution in [0.15, 0.2) is 59.5 Å². The molecule has 5 rings (SSSR count). The molecule has 2 aromatic carbocycles. The largest absolute Gasteiger partial charge is 0.466 e. The van der Waals surface area contributed by atoms with Crippen LogP contribution >= 0.6 is 0 Å². The number of aromatic nitrogens is 3. The van der Waals surface area contributed by atoms with E-state index in [0.29, 0.717) is 42.5 Å². The van der Waals surface area contributed by atoms with Gasteiger partial charge in [0.1, 0.15) is 17.9 Å². The van der Waals surface area contributed by atoms with E-state index in [2.05, 4.69) is 5.10 Å². The van der Waals surface area contributed by atoms with Gasteiger partial charge in [0.15, 0.2) is 0 Å². The highest BCUT2D eigenvalue weighted by molar-refractivity contribution is 6.07. The Morgan fingerprint density at radius 2 is 1.89 bits per heavy atom. The molecule has 0 saturated carbocycles.